The molecule has 0 aromatic heterocycles. The zero-order chi connectivity index (χ0) is 14.8. The van der Waals surface area contributed by atoms with Gasteiger partial charge in [-0.05, 0) is 42.9 Å². The maximum absolute atomic E-state index is 12.9. The highest BCUT2D eigenvalue weighted by Gasteiger charge is 2.44. The van der Waals surface area contributed by atoms with E-state index < -0.39 is 0 Å². The fourth-order valence-corrected chi connectivity index (χ4v) is 2.46. The van der Waals surface area contributed by atoms with Crippen molar-refractivity contribution >= 4 is 5.91 Å². The first kappa shape index (κ1) is 15.0. The van der Waals surface area contributed by atoms with Crippen molar-refractivity contribution in [2.24, 2.45) is 11.7 Å². The molecule has 3 nitrogen and oxygen atoms in total. The molecule has 1 fully saturated rings. The van der Waals surface area contributed by atoms with E-state index in [2.05, 4.69) is 5.32 Å². The number of nitrogens with two attached hydrogens (primary N) is 1. The molecule has 20 heavy (non-hydrogen) atoms. The van der Waals surface area contributed by atoms with E-state index in [1.807, 2.05) is 13.8 Å². The number of carbonyl (C=O) groups is 1. The van der Waals surface area contributed by atoms with Crippen LogP contribution in [0, 0.1) is 11.7 Å². The predicted octanol–water partition coefficient (Wildman–Crippen LogP) is 2.56. The third-order valence-corrected chi connectivity index (χ3v) is 4.45. The van der Waals surface area contributed by atoms with Gasteiger partial charge in [0.05, 0.1) is 0 Å². The standard InChI is InChI=1S/C16H23FN2O/c1-3-16(18,4-2)10-19-15(20)14-9-13(14)11-5-7-12(17)8-6-11/h5-8,13-14H,3-4,9-10,18H2,1-2H3,(H,19,20). The first-order valence-corrected chi connectivity index (χ1v) is 7.31. The van der Waals surface area contributed by atoms with Crippen LogP contribution < -0.4 is 11.1 Å². The molecule has 0 saturated heterocycles. The molecule has 110 valence electrons. The highest BCUT2D eigenvalue weighted by atomic mass is 19.1. The fraction of sp³-hybridized carbons (Fsp3) is 0.562. The molecule has 2 unspecified atom stereocenters. The van der Waals surface area contributed by atoms with Gasteiger partial charge in [-0.1, -0.05) is 26.0 Å². The van der Waals surface area contributed by atoms with Gasteiger partial charge < -0.3 is 11.1 Å². The molecule has 0 spiro atoms. The van der Waals surface area contributed by atoms with Crippen molar-refractivity contribution in [2.45, 2.75) is 44.6 Å². The van der Waals surface area contributed by atoms with Gasteiger partial charge in [-0.25, -0.2) is 4.39 Å². The van der Waals surface area contributed by atoms with Gasteiger partial charge in [0.25, 0.3) is 0 Å². The Morgan fingerprint density at radius 1 is 1.35 bits per heavy atom. The minimum absolute atomic E-state index is 0.0124. The van der Waals surface area contributed by atoms with E-state index in [-0.39, 0.29) is 29.1 Å². The second-order valence-electron chi connectivity index (χ2n) is 5.79. The Hall–Kier alpha value is -1.42. The number of benzene rings is 1. The van der Waals surface area contributed by atoms with Crippen LogP contribution in [0.5, 0.6) is 0 Å². The molecule has 1 aromatic carbocycles. The first-order chi connectivity index (χ1) is 9.49. The largest absolute Gasteiger partial charge is 0.354 e. The van der Waals surface area contributed by atoms with Crippen LogP contribution in [0.3, 0.4) is 0 Å². The number of carbonyl (C=O) groups excluding carboxylic acids is 1. The smallest absolute Gasteiger partial charge is 0.223 e. The van der Waals surface area contributed by atoms with Crippen LogP contribution >= 0.6 is 0 Å². The van der Waals surface area contributed by atoms with Crippen LogP contribution in [0.1, 0.15) is 44.6 Å². The van der Waals surface area contributed by atoms with E-state index in [9.17, 15) is 9.18 Å². The Morgan fingerprint density at radius 2 is 1.95 bits per heavy atom. The SMILES string of the molecule is CCC(N)(CC)CNC(=O)C1CC1c1ccc(F)cc1. The second kappa shape index (κ2) is 5.92. The first-order valence-electron chi connectivity index (χ1n) is 7.31. The Bertz CT molecular complexity index is 468. The second-order valence-corrected chi connectivity index (χ2v) is 5.79. The third-order valence-electron chi connectivity index (χ3n) is 4.45. The highest BCUT2D eigenvalue weighted by molar-refractivity contribution is 5.82. The van der Waals surface area contributed by atoms with Crippen LogP contribution in [0.15, 0.2) is 24.3 Å². The maximum atomic E-state index is 12.9. The van der Waals surface area contributed by atoms with E-state index in [0.717, 1.165) is 24.8 Å². The summed E-state index contributed by atoms with van der Waals surface area (Å²) >= 11 is 0. The summed E-state index contributed by atoms with van der Waals surface area (Å²) in [6, 6.07) is 6.42. The Labute approximate surface area is 119 Å². The van der Waals surface area contributed by atoms with Gasteiger partial charge in [-0.2, -0.15) is 0 Å². The lowest BCUT2D eigenvalue weighted by molar-refractivity contribution is -0.122. The Kier molecular flexibility index (Phi) is 4.43. The van der Waals surface area contributed by atoms with Crippen molar-refractivity contribution in [2.75, 3.05) is 6.54 Å². The highest BCUT2D eigenvalue weighted by Crippen LogP contribution is 2.47. The van der Waals surface area contributed by atoms with Crippen LogP contribution in [0.2, 0.25) is 0 Å². The number of halogens is 1. The van der Waals surface area contributed by atoms with Crippen molar-refractivity contribution in [1.29, 1.82) is 0 Å². The van der Waals surface area contributed by atoms with Gasteiger partial charge in [-0.15, -0.1) is 0 Å². The minimum Gasteiger partial charge on any atom is -0.354 e. The third kappa shape index (κ3) is 3.37. The number of hydrogen-bond acceptors (Lipinski definition) is 2. The molecule has 1 amide bonds. The van der Waals surface area contributed by atoms with Crippen molar-refractivity contribution in [1.82, 2.24) is 5.32 Å². The van der Waals surface area contributed by atoms with Gasteiger partial charge in [0.2, 0.25) is 5.91 Å². The molecule has 0 bridgehead atoms. The summed E-state index contributed by atoms with van der Waals surface area (Å²) in [4.78, 5) is 12.1. The monoisotopic (exact) mass is 278 g/mol. The zero-order valence-electron chi connectivity index (χ0n) is 12.2. The lowest BCUT2D eigenvalue weighted by Gasteiger charge is -2.26. The number of amides is 1. The quantitative estimate of drug-likeness (QED) is 0.840. The van der Waals surface area contributed by atoms with Gasteiger partial charge >= 0.3 is 0 Å². The lowest BCUT2D eigenvalue weighted by atomic mass is 9.94. The molecule has 1 aromatic rings. The minimum atomic E-state index is -0.310. The van der Waals surface area contributed by atoms with Crippen LogP contribution in [0.4, 0.5) is 4.39 Å². The van der Waals surface area contributed by atoms with Gasteiger partial charge in [-0.3, -0.25) is 4.79 Å². The summed E-state index contributed by atoms with van der Waals surface area (Å²) in [5, 5.41) is 2.96. The predicted molar refractivity (Wildman–Crippen MR) is 77.8 cm³/mol. The fourth-order valence-electron chi connectivity index (χ4n) is 2.46. The zero-order valence-corrected chi connectivity index (χ0v) is 12.2. The summed E-state index contributed by atoms with van der Waals surface area (Å²) in [5.74, 6) is 0.0645. The van der Waals surface area contributed by atoms with E-state index in [1.165, 1.54) is 12.1 Å². The number of hydrogen-bond donors (Lipinski definition) is 2. The molecule has 2 atom stereocenters. The normalized spacial score (nSPS) is 21.6. The average Bonchev–Trinajstić information content (AvgIpc) is 3.26. The van der Waals surface area contributed by atoms with E-state index in [4.69, 9.17) is 5.73 Å². The summed E-state index contributed by atoms with van der Waals surface area (Å²) in [6.45, 7) is 4.59. The van der Waals surface area contributed by atoms with Crippen LogP contribution in [-0.4, -0.2) is 18.0 Å². The topological polar surface area (TPSA) is 55.1 Å². The Morgan fingerprint density at radius 3 is 2.50 bits per heavy atom. The van der Waals surface area contributed by atoms with Gasteiger partial charge in [0.1, 0.15) is 5.82 Å². The number of rotatable bonds is 6. The summed E-state index contributed by atoms with van der Waals surface area (Å²) in [6.07, 6.45) is 2.53. The molecule has 1 aliphatic carbocycles. The van der Waals surface area contributed by atoms with E-state index in [0.29, 0.717) is 6.54 Å². The maximum Gasteiger partial charge on any atom is 0.223 e. The molecule has 4 heteroatoms. The van der Waals surface area contributed by atoms with Gasteiger partial charge in [0, 0.05) is 18.0 Å². The average molecular weight is 278 g/mol. The van der Waals surface area contributed by atoms with Crippen molar-refractivity contribution in [3.8, 4) is 0 Å². The van der Waals surface area contributed by atoms with Crippen molar-refractivity contribution < 1.29 is 9.18 Å². The van der Waals surface area contributed by atoms with Crippen molar-refractivity contribution in [3.05, 3.63) is 35.6 Å². The molecular formula is C16H23FN2O. The lowest BCUT2D eigenvalue weighted by Crippen LogP contribution is -2.49. The summed E-state index contributed by atoms with van der Waals surface area (Å²) < 4.78 is 12.9. The van der Waals surface area contributed by atoms with Crippen molar-refractivity contribution in [3.63, 3.8) is 0 Å². The molecule has 2 rings (SSSR count). The summed E-state index contributed by atoms with van der Waals surface area (Å²) in [7, 11) is 0. The summed E-state index contributed by atoms with van der Waals surface area (Å²) in [5.41, 5.74) is 6.90. The molecular weight excluding hydrogens is 255 g/mol. The van der Waals surface area contributed by atoms with Crippen LogP contribution in [-0.2, 0) is 4.79 Å². The molecule has 1 saturated carbocycles. The Balaban J connectivity index is 1.86. The van der Waals surface area contributed by atoms with Gasteiger partial charge in [0.15, 0.2) is 0 Å². The molecule has 0 heterocycles. The van der Waals surface area contributed by atoms with E-state index in [1.54, 1.807) is 12.1 Å². The molecule has 0 radical (unpaired) electrons. The molecule has 0 aliphatic heterocycles. The number of nitrogens with one attached hydrogen (secondary N) is 1. The van der Waals surface area contributed by atoms with E-state index >= 15 is 0 Å². The molecule has 1 aliphatic rings. The molecule has 3 N–H and O–H groups in total. The van der Waals surface area contributed by atoms with Crippen LogP contribution in [0.25, 0.3) is 0 Å².